The quantitative estimate of drug-likeness (QED) is 0.0261. The molecule has 0 saturated heterocycles. The van der Waals surface area contributed by atoms with Crippen LogP contribution in [0.4, 0.5) is 0 Å². The van der Waals surface area contributed by atoms with Crippen LogP contribution in [0.15, 0.2) is 97.2 Å². The summed E-state index contributed by atoms with van der Waals surface area (Å²) in [5, 5.41) is 0. The van der Waals surface area contributed by atoms with E-state index >= 15 is 0 Å². The number of hydrogen-bond acceptors (Lipinski definition) is 6. The molecule has 0 bridgehead atoms. The SMILES string of the molecule is CC/C=C\C/C=C\C/C=C\C/C=C\C/C=C\C/C=C\C/C=C\C/C=C\CCCCCCCCCCC(=O)OCC(COC(=O)CCCCCCCCC)OC(=O)CCCCCCCCCCCCCCCCCCCCCC. The molecule has 0 aromatic heterocycles. The summed E-state index contributed by atoms with van der Waals surface area (Å²) < 4.78 is 16.8. The van der Waals surface area contributed by atoms with Crippen LogP contribution in [-0.4, -0.2) is 37.2 Å². The molecule has 0 saturated carbocycles. The lowest BCUT2D eigenvalue weighted by Crippen LogP contribution is -2.30. The van der Waals surface area contributed by atoms with Crippen molar-refractivity contribution in [1.29, 1.82) is 0 Å². The third-order valence-electron chi connectivity index (χ3n) is 14.4. The molecule has 0 heterocycles. The van der Waals surface area contributed by atoms with Gasteiger partial charge in [-0.25, -0.2) is 0 Å². The van der Waals surface area contributed by atoms with Crippen LogP contribution >= 0.6 is 0 Å². The van der Waals surface area contributed by atoms with Crippen molar-refractivity contribution in [3.63, 3.8) is 0 Å². The van der Waals surface area contributed by atoms with E-state index in [2.05, 4.69) is 118 Å². The first kappa shape index (κ1) is 74.3. The third-order valence-corrected chi connectivity index (χ3v) is 14.4. The molecule has 0 aliphatic rings. The largest absolute Gasteiger partial charge is 0.462 e. The second kappa shape index (κ2) is 65.8. The smallest absolute Gasteiger partial charge is 0.306 e. The fourth-order valence-electron chi connectivity index (χ4n) is 9.40. The average molecular weight is 1090 g/mol. The first-order chi connectivity index (χ1) is 38.5. The van der Waals surface area contributed by atoms with Gasteiger partial charge in [0.2, 0.25) is 0 Å². The lowest BCUT2D eigenvalue weighted by atomic mass is 10.0. The summed E-state index contributed by atoms with van der Waals surface area (Å²) in [7, 11) is 0. The van der Waals surface area contributed by atoms with Gasteiger partial charge in [0, 0.05) is 19.3 Å². The maximum absolute atomic E-state index is 12.9. The standard InChI is InChI=1S/C72H124O6/c1-4-7-10-13-16-18-20-22-24-26-28-30-31-32-33-34-35-36-37-38-39-40-41-42-44-45-47-49-51-53-56-59-62-65-71(74)77-68-69(67-76-70(73)64-61-58-55-15-12-9-6-3)78-72(75)66-63-60-57-54-52-50-48-46-43-29-27-25-23-21-19-17-14-11-8-5-2/h7,10,16,18,22,24,28,30,32-33,35-36,38-39,41-42,69H,4-6,8-9,11-15,17,19-21,23,25-27,29,31,34,37,40,43-68H2,1-3H3/b10-7-,18-16-,24-22-,30-28-,33-32-,36-35-,39-38-,42-41-. The molecule has 0 aromatic rings. The van der Waals surface area contributed by atoms with E-state index < -0.39 is 6.10 Å². The minimum Gasteiger partial charge on any atom is -0.462 e. The predicted molar refractivity (Wildman–Crippen MR) is 339 cm³/mol. The second-order valence-corrected chi connectivity index (χ2v) is 22.0. The molecule has 0 N–H and O–H groups in total. The summed E-state index contributed by atoms with van der Waals surface area (Å²) in [5.74, 6) is -0.878. The van der Waals surface area contributed by atoms with Crippen molar-refractivity contribution in [1.82, 2.24) is 0 Å². The van der Waals surface area contributed by atoms with Crippen molar-refractivity contribution < 1.29 is 28.6 Å². The third kappa shape index (κ3) is 63.2. The Morgan fingerprint density at radius 3 is 0.782 bits per heavy atom. The van der Waals surface area contributed by atoms with E-state index in [1.165, 1.54) is 167 Å². The highest BCUT2D eigenvalue weighted by Crippen LogP contribution is 2.17. The zero-order valence-electron chi connectivity index (χ0n) is 51.4. The number of carbonyl (C=O) groups excluding carboxylic acids is 3. The lowest BCUT2D eigenvalue weighted by Gasteiger charge is -2.18. The van der Waals surface area contributed by atoms with Crippen molar-refractivity contribution in [2.75, 3.05) is 13.2 Å². The van der Waals surface area contributed by atoms with Crippen molar-refractivity contribution in [2.45, 2.75) is 329 Å². The van der Waals surface area contributed by atoms with Gasteiger partial charge in [-0.05, 0) is 83.5 Å². The average Bonchev–Trinajstić information content (AvgIpc) is 3.44. The van der Waals surface area contributed by atoms with E-state index in [0.29, 0.717) is 19.3 Å². The van der Waals surface area contributed by atoms with Gasteiger partial charge in [-0.2, -0.15) is 0 Å². The molecule has 1 atom stereocenters. The van der Waals surface area contributed by atoms with E-state index in [-0.39, 0.29) is 31.1 Å². The Bertz CT molecular complexity index is 1530. The number of esters is 3. The van der Waals surface area contributed by atoms with E-state index in [0.717, 1.165) is 116 Å². The summed E-state index contributed by atoms with van der Waals surface area (Å²) in [6, 6.07) is 0. The minimum atomic E-state index is -0.776. The first-order valence-electron chi connectivity index (χ1n) is 33.2. The van der Waals surface area contributed by atoms with Crippen molar-refractivity contribution in [3.05, 3.63) is 97.2 Å². The number of ether oxygens (including phenoxy) is 3. The molecule has 0 radical (unpaired) electrons. The van der Waals surface area contributed by atoms with Crippen LogP contribution in [0.25, 0.3) is 0 Å². The van der Waals surface area contributed by atoms with Crippen molar-refractivity contribution in [3.8, 4) is 0 Å². The number of unbranched alkanes of at least 4 members (excludes halogenated alkanes) is 33. The Morgan fingerprint density at radius 2 is 0.500 bits per heavy atom. The molecule has 0 amide bonds. The molecule has 78 heavy (non-hydrogen) atoms. The Morgan fingerprint density at radius 1 is 0.269 bits per heavy atom. The highest BCUT2D eigenvalue weighted by atomic mass is 16.6. The van der Waals surface area contributed by atoms with Crippen molar-refractivity contribution in [2.24, 2.45) is 0 Å². The molecule has 0 rings (SSSR count). The van der Waals surface area contributed by atoms with Gasteiger partial charge in [0.25, 0.3) is 0 Å². The summed E-state index contributed by atoms with van der Waals surface area (Å²) in [6.45, 7) is 6.51. The molecule has 0 aliphatic heterocycles. The molecule has 6 heteroatoms. The second-order valence-electron chi connectivity index (χ2n) is 22.0. The molecule has 0 fully saturated rings. The molecule has 6 nitrogen and oxygen atoms in total. The van der Waals surface area contributed by atoms with Gasteiger partial charge in [0.05, 0.1) is 0 Å². The Labute approximate surface area is 483 Å². The van der Waals surface area contributed by atoms with E-state index in [9.17, 15) is 14.4 Å². The zero-order chi connectivity index (χ0) is 56.4. The monoisotopic (exact) mass is 1080 g/mol. The van der Waals surface area contributed by atoms with E-state index in [1.807, 2.05) is 0 Å². The van der Waals surface area contributed by atoms with E-state index in [1.54, 1.807) is 0 Å². The zero-order valence-corrected chi connectivity index (χ0v) is 51.4. The van der Waals surface area contributed by atoms with E-state index in [4.69, 9.17) is 14.2 Å². The lowest BCUT2D eigenvalue weighted by molar-refractivity contribution is -0.167. The minimum absolute atomic E-state index is 0.0758. The molecular weight excluding hydrogens is 961 g/mol. The fraction of sp³-hybridized carbons (Fsp3) is 0.736. The molecule has 448 valence electrons. The van der Waals surface area contributed by atoms with Gasteiger partial charge in [0.15, 0.2) is 6.10 Å². The topological polar surface area (TPSA) is 78.9 Å². The summed E-state index contributed by atoms with van der Waals surface area (Å²) in [4.78, 5) is 38.1. The van der Waals surface area contributed by atoms with Crippen LogP contribution in [0.3, 0.4) is 0 Å². The van der Waals surface area contributed by atoms with Gasteiger partial charge >= 0.3 is 17.9 Å². The summed E-state index contributed by atoms with van der Waals surface area (Å²) >= 11 is 0. The molecule has 0 spiro atoms. The van der Waals surface area contributed by atoms with Gasteiger partial charge in [-0.1, -0.05) is 317 Å². The van der Waals surface area contributed by atoms with Crippen LogP contribution in [-0.2, 0) is 28.6 Å². The molecular formula is C72H124O6. The number of carbonyl (C=O) groups is 3. The van der Waals surface area contributed by atoms with Crippen LogP contribution < -0.4 is 0 Å². The van der Waals surface area contributed by atoms with Crippen LogP contribution in [0, 0.1) is 0 Å². The highest BCUT2D eigenvalue weighted by Gasteiger charge is 2.19. The molecule has 0 aromatic carbocycles. The Hall–Kier alpha value is -3.67. The van der Waals surface area contributed by atoms with Gasteiger partial charge in [-0.3, -0.25) is 14.4 Å². The Balaban J connectivity index is 4.12. The van der Waals surface area contributed by atoms with Crippen molar-refractivity contribution >= 4 is 17.9 Å². The van der Waals surface area contributed by atoms with Crippen LogP contribution in [0.2, 0.25) is 0 Å². The number of rotatable bonds is 60. The number of allylic oxidation sites excluding steroid dienone is 16. The van der Waals surface area contributed by atoms with Gasteiger partial charge in [0.1, 0.15) is 13.2 Å². The van der Waals surface area contributed by atoms with Crippen LogP contribution in [0.1, 0.15) is 323 Å². The van der Waals surface area contributed by atoms with Crippen LogP contribution in [0.5, 0.6) is 0 Å². The number of hydrogen-bond donors (Lipinski definition) is 0. The van der Waals surface area contributed by atoms with Gasteiger partial charge < -0.3 is 14.2 Å². The maximum atomic E-state index is 12.9. The van der Waals surface area contributed by atoms with Gasteiger partial charge in [-0.15, -0.1) is 0 Å². The summed E-state index contributed by atoms with van der Waals surface area (Å²) in [6.07, 6.45) is 88.7. The normalized spacial score (nSPS) is 12.7. The molecule has 0 aliphatic carbocycles. The first-order valence-corrected chi connectivity index (χ1v) is 33.2. The molecule has 1 unspecified atom stereocenters. The maximum Gasteiger partial charge on any atom is 0.306 e. The summed E-state index contributed by atoms with van der Waals surface area (Å²) in [5.41, 5.74) is 0. The Kier molecular flexibility index (Phi) is 62.7. The highest BCUT2D eigenvalue weighted by molar-refractivity contribution is 5.71. The predicted octanol–water partition coefficient (Wildman–Crippen LogP) is 22.8. The fourth-order valence-corrected chi connectivity index (χ4v) is 9.40.